The van der Waals surface area contributed by atoms with Gasteiger partial charge in [-0.05, 0) is 49.6 Å². The standard InChI is InChI=1S/C29H32Cl2N2O2S/c1-29(2,3)32-28(35)26(16-21-10-6-4-7-11-21)33(18-23-14-15-24(30)17-25(23)31)27(34)20-36-19-22-12-8-5-9-13-22/h4-15,17,26H,16,18-20H2,1-3H3,(H,32,35). The van der Waals surface area contributed by atoms with E-state index in [1.807, 2.05) is 87.5 Å². The fourth-order valence-corrected chi connectivity index (χ4v) is 5.09. The second-order valence-electron chi connectivity index (χ2n) is 9.68. The predicted octanol–water partition coefficient (Wildman–Crippen LogP) is 6.78. The maximum Gasteiger partial charge on any atom is 0.243 e. The van der Waals surface area contributed by atoms with Crippen LogP contribution in [0, 0.1) is 0 Å². The van der Waals surface area contributed by atoms with Gasteiger partial charge in [-0.25, -0.2) is 0 Å². The first kappa shape index (κ1) is 28.1. The van der Waals surface area contributed by atoms with Crippen molar-refractivity contribution in [2.24, 2.45) is 0 Å². The molecule has 3 aromatic carbocycles. The summed E-state index contributed by atoms with van der Waals surface area (Å²) in [6.07, 6.45) is 0.392. The van der Waals surface area contributed by atoms with E-state index >= 15 is 0 Å². The molecule has 1 N–H and O–H groups in total. The molecule has 0 aliphatic rings. The second kappa shape index (κ2) is 13.2. The second-order valence-corrected chi connectivity index (χ2v) is 11.5. The number of hydrogen-bond acceptors (Lipinski definition) is 3. The summed E-state index contributed by atoms with van der Waals surface area (Å²) in [4.78, 5) is 28.9. The van der Waals surface area contributed by atoms with Crippen LogP contribution in [-0.4, -0.2) is 34.0 Å². The Hall–Kier alpha value is -2.47. The highest BCUT2D eigenvalue weighted by atomic mass is 35.5. The Kier molecular flexibility index (Phi) is 10.3. The Morgan fingerprint density at radius 3 is 2.11 bits per heavy atom. The fraction of sp³-hybridized carbons (Fsp3) is 0.310. The summed E-state index contributed by atoms with van der Waals surface area (Å²) < 4.78 is 0. The van der Waals surface area contributed by atoms with Gasteiger partial charge in [0, 0.05) is 34.3 Å². The third-order valence-electron chi connectivity index (χ3n) is 5.46. The van der Waals surface area contributed by atoms with Gasteiger partial charge < -0.3 is 10.2 Å². The van der Waals surface area contributed by atoms with Crippen LogP contribution in [0.2, 0.25) is 10.0 Å². The van der Waals surface area contributed by atoms with E-state index in [4.69, 9.17) is 23.2 Å². The Morgan fingerprint density at radius 1 is 0.917 bits per heavy atom. The summed E-state index contributed by atoms with van der Waals surface area (Å²) in [6.45, 7) is 6.00. The van der Waals surface area contributed by atoms with Crippen LogP contribution in [-0.2, 0) is 28.3 Å². The van der Waals surface area contributed by atoms with Gasteiger partial charge >= 0.3 is 0 Å². The molecule has 3 rings (SSSR count). The summed E-state index contributed by atoms with van der Waals surface area (Å²) in [6, 6.07) is 24.3. The van der Waals surface area contributed by atoms with Gasteiger partial charge in [0.15, 0.2) is 0 Å². The Bertz CT molecular complexity index is 1150. The Labute approximate surface area is 228 Å². The van der Waals surface area contributed by atoms with Crippen LogP contribution >= 0.6 is 35.0 Å². The summed E-state index contributed by atoms with van der Waals surface area (Å²) in [7, 11) is 0. The molecule has 0 fully saturated rings. The molecular weight excluding hydrogens is 511 g/mol. The van der Waals surface area contributed by atoms with Crippen molar-refractivity contribution in [2.45, 2.75) is 51.1 Å². The molecule has 36 heavy (non-hydrogen) atoms. The van der Waals surface area contributed by atoms with Crippen molar-refractivity contribution in [3.63, 3.8) is 0 Å². The highest BCUT2D eigenvalue weighted by molar-refractivity contribution is 7.99. The van der Waals surface area contributed by atoms with E-state index in [9.17, 15) is 9.59 Å². The maximum atomic E-state index is 13.7. The highest BCUT2D eigenvalue weighted by Gasteiger charge is 2.32. The first-order valence-corrected chi connectivity index (χ1v) is 13.7. The number of amides is 2. The predicted molar refractivity (Wildman–Crippen MR) is 151 cm³/mol. The van der Waals surface area contributed by atoms with E-state index < -0.39 is 11.6 Å². The lowest BCUT2D eigenvalue weighted by molar-refractivity contribution is -0.140. The van der Waals surface area contributed by atoms with E-state index in [1.165, 1.54) is 11.8 Å². The molecule has 7 heteroatoms. The van der Waals surface area contributed by atoms with Crippen molar-refractivity contribution in [3.05, 3.63) is 106 Å². The van der Waals surface area contributed by atoms with Gasteiger partial charge in [-0.1, -0.05) is 89.9 Å². The molecule has 0 aromatic heterocycles. The van der Waals surface area contributed by atoms with Crippen LogP contribution in [0.5, 0.6) is 0 Å². The van der Waals surface area contributed by atoms with E-state index in [0.717, 1.165) is 16.7 Å². The number of carbonyl (C=O) groups is 2. The minimum Gasteiger partial charge on any atom is -0.350 e. The van der Waals surface area contributed by atoms with Gasteiger partial charge in [-0.3, -0.25) is 9.59 Å². The third kappa shape index (κ3) is 8.88. The number of nitrogens with one attached hydrogen (secondary N) is 1. The van der Waals surface area contributed by atoms with Gasteiger partial charge in [-0.15, -0.1) is 11.8 Å². The van der Waals surface area contributed by atoms with Gasteiger partial charge in [-0.2, -0.15) is 0 Å². The number of thioether (sulfide) groups is 1. The fourth-order valence-electron chi connectivity index (χ4n) is 3.75. The molecule has 4 nitrogen and oxygen atoms in total. The molecule has 0 aliphatic heterocycles. The van der Waals surface area contributed by atoms with Crippen molar-refractivity contribution in [2.75, 3.05) is 5.75 Å². The molecule has 0 aliphatic carbocycles. The SMILES string of the molecule is CC(C)(C)NC(=O)C(Cc1ccccc1)N(Cc1ccc(Cl)cc1Cl)C(=O)CSCc1ccccc1. The first-order valence-electron chi connectivity index (χ1n) is 11.8. The molecular formula is C29H32Cl2N2O2S. The van der Waals surface area contributed by atoms with E-state index in [0.29, 0.717) is 22.2 Å². The summed E-state index contributed by atoms with van der Waals surface area (Å²) in [5.41, 5.74) is 2.42. The van der Waals surface area contributed by atoms with E-state index in [2.05, 4.69) is 5.32 Å². The average Bonchev–Trinajstić information content (AvgIpc) is 2.82. The molecule has 0 bridgehead atoms. The number of carbonyl (C=O) groups excluding carboxylic acids is 2. The number of nitrogens with zero attached hydrogens (tertiary/aromatic N) is 1. The lowest BCUT2D eigenvalue weighted by Gasteiger charge is -2.34. The van der Waals surface area contributed by atoms with E-state index in [-0.39, 0.29) is 24.1 Å². The molecule has 0 heterocycles. The van der Waals surface area contributed by atoms with Crippen LogP contribution in [0.1, 0.15) is 37.5 Å². The average molecular weight is 544 g/mol. The van der Waals surface area contributed by atoms with Gasteiger partial charge in [0.25, 0.3) is 0 Å². The molecule has 1 unspecified atom stereocenters. The Balaban J connectivity index is 1.90. The molecule has 0 saturated carbocycles. The smallest absolute Gasteiger partial charge is 0.243 e. The summed E-state index contributed by atoms with van der Waals surface area (Å²) in [5, 5.41) is 4.06. The number of rotatable bonds is 10. The topological polar surface area (TPSA) is 49.4 Å². The first-order chi connectivity index (χ1) is 17.1. The molecule has 3 aromatic rings. The molecule has 0 saturated heterocycles. The zero-order chi connectivity index (χ0) is 26.1. The number of halogens is 2. The lowest BCUT2D eigenvalue weighted by atomic mass is 10.0. The normalized spacial score (nSPS) is 12.1. The maximum absolute atomic E-state index is 13.7. The summed E-state index contributed by atoms with van der Waals surface area (Å²) in [5.74, 6) is 0.637. The van der Waals surface area contributed by atoms with Gasteiger partial charge in [0.1, 0.15) is 6.04 Å². The van der Waals surface area contributed by atoms with Crippen LogP contribution in [0.4, 0.5) is 0 Å². The minimum absolute atomic E-state index is 0.119. The quantitative estimate of drug-likeness (QED) is 0.307. The monoisotopic (exact) mass is 542 g/mol. The van der Waals surface area contributed by atoms with Crippen LogP contribution in [0.25, 0.3) is 0 Å². The molecule has 0 radical (unpaired) electrons. The molecule has 190 valence electrons. The molecule has 1 atom stereocenters. The van der Waals surface area contributed by atoms with E-state index in [1.54, 1.807) is 17.0 Å². The molecule has 2 amide bonds. The lowest BCUT2D eigenvalue weighted by Crippen LogP contribution is -2.54. The largest absolute Gasteiger partial charge is 0.350 e. The van der Waals surface area contributed by atoms with Crippen LogP contribution < -0.4 is 5.32 Å². The summed E-state index contributed by atoms with van der Waals surface area (Å²) >= 11 is 14.1. The number of benzene rings is 3. The van der Waals surface area contributed by atoms with Crippen molar-refractivity contribution in [3.8, 4) is 0 Å². The van der Waals surface area contributed by atoms with Gasteiger partial charge in [0.05, 0.1) is 5.75 Å². The highest BCUT2D eigenvalue weighted by Crippen LogP contribution is 2.25. The zero-order valence-electron chi connectivity index (χ0n) is 20.8. The van der Waals surface area contributed by atoms with Crippen LogP contribution in [0.15, 0.2) is 78.9 Å². The minimum atomic E-state index is -0.705. The van der Waals surface area contributed by atoms with Crippen molar-refractivity contribution in [1.82, 2.24) is 10.2 Å². The van der Waals surface area contributed by atoms with Crippen molar-refractivity contribution in [1.29, 1.82) is 0 Å². The van der Waals surface area contributed by atoms with Crippen molar-refractivity contribution >= 4 is 46.8 Å². The van der Waals surface area contributed by atoms with Gasteiger partial charge in [0.2, 0.25) is 11.8 Å². The van der Waals surface area contributed by atoms with Crippen molar-refractivity contribution < 1.29 is 9.59 Å². The Morgan fingerprint density at radius 2 is 1.53 bits per heavy atom. The van der Waals surface area contributed by atoms with Crippen LogP contribution in [0.3, 0.4) is 0 Å². The number of hydrogen-bond donors (Lipinski definition) is 1. The zero-order valence-corrected chi connectivity index (χ0v) is 23.2. The molecule has 0 spiro atoms. The third-order valence-corrected chi connectivity index (χ3v) is 7.04.